The third kappa shape index (κ3) is 4.43. The Morgan fingerprint density at radius 1 is 1.35 bits per heavy atom. The minimum absolute atomic E-state index is 0.0841. The van der Waals surface area contributed by atoms with Crippen LogP contribution in [0.5, 0.6) is 0 Å². The number of esters is 1. The number of nitrogens with zero attached hydrogens (tertiary/aromatic N) is 2. The summed E-state index contributed by atoms with van der Waals surface area (Å²) in [5.74, 6) is -0.0841. The Hall–Kier alpha value is -0.650. The zero-order valence-electron chi connectivity index (χ0n) is 13.2. The van der Waals surface area contributed by atoms with Gasteiger partial charge in [0.05, 0.1) is 12.7 Å². The summed E-state index contributed by atoms with van der Waals surface area (Å²) in [7, 11) is 2.12. The van der Waals surface area contributed by atoms with E-state index in [0.29, 0.717) is 0 Å². The lowest BCUT2D eigenvalue weighted by Gasteiger charge is -2.34. The molecule has 0 amide bonds. The van der Waals surface area contributed by atoms with E-state index in [0.717, 1.165) is 45.6 Å². The van der Waals surface area contributed by atoms with Crippen molar-refractivity contribution >= 4 is 5.97 Å². The van der Waals surface area contributed by atoms with Crippen LogP contribution in [0, 0.1) is 0 Å². The number of ether oxygens (including phenoxy) is 2. The topological polar surface area (TPSA) is 42.0 Å². The van der Waals surface area contributed by atoms with Gasteiger partial charge >= 0.3 is 5.97 Å². The fourth-order valence-corrected chi connectivity index (χ4v) is 2.92. The van der Waals surface area contributed by atoms with E-state index in [-0.39, 0.29) is 18.1 Å². The first-order valence-corrected chi connectivity index (χ1v) is 7.62. The number of hydrogen-bond donors (Lipinski definition) is 0. The maximum atomic E-state index is 12.3. The summed E-state index contributed by atoms with van der Waals surface area (Å²) in [4.78, 5) is 16.8. The van der Waals surface area contributed by atoms with E-state index < -0.39 is 5.60 Å². The molecule has 2 heterocycles. The third-order valence-corrected chi connectivity index (χ3v) is 3.82. The number of likely N-dealkylation sites (tertiary alicyclic amines) is 1. The smallest absolute Gasteiger partial charge is 0.323 e. The summed E-state index contributed by atoms with van der Waals surface area (Å²) in [6, 6.07) is -0.0925. The molecule has 1 unspecified atom stereocenters. The van der Waals surface area contributed by atoms with Crippen LogP contribution in [0.15, 0.2) is 0 Å². The molecule has 0 aromatic carbocycles. The van der Waals surface area contributed by atoms with E-state index in [2.05, 4.69) is 16.8 Å². The zero-order chi connectivity index (χ0) is 14.8. The van der Waals surface area contributed by atoms with Crippen molar-refractivity contribution in [3.05, 3.63) is 0 Å². The molecule has 0 aliphatic carbocycles. The van der Waals surface area contributed by atoms with Crippen molar-refractivity contribution in [2.45, 2.75) is 51.4 Å². The number of rotatable bonds is 3. The molecule has 2 atom stereocenters. The Morgan fingerprint density at radius 2 is 2.10 bits per heavy atom. The van der Waals surface area contributed by atoms with Gasteiger partial charge in [-0.1, -0.05) is 0 Å². The van der Waals surface area contributed by atoms with Crippen LogP contribution in [0.2, 0.25) is 0 Å². The van der Waals surface area contributed by atoms with Crippen LogP contribution in [0.3, 0.4) is 0 Å². The molecular formula is C15H28N2O3. The van der Waals surface area contributed by atoms with E-state index in [9.17, 15) is 4.79 Å². The summed E-state index contributed by atoms with van der Waals surface area (Å²) in [5, 5.41) is 0. The second-order valence-corrected chi connectivity index (χ2v) is 6.94. The molecule has 0 aromatic heterocycles. The standard InChI is InChI=1S/C15H28N2O3/c1-15(2,3)20-14(18)13-6-5-7-17(13)11-12-10-16(4)8-9-19-12/h12-13H,5-11H2,1-4H3/t12?,13-/m0/s1. The van der Waals surface area contributed by atoms with Crippen LogP contribution >= 0.6 is 0 Å². The fraction of sp³-hybridized carbons (Fsp3) is 0.933. The van der Waals surface area contributed by atoms with E-state index in [1.807, 2.05) is 20.8 Å². The highest BCUT2D eigenvalue weighted by molar-refractivity contribution is 5.76. The Labute approximate surface area is 122 Å². The number of morpholine rings is 1. The molecule has 0 aromatic rings. The molecule has 0 N–H and O–H groups in total. The van der Waals surface area contributed by atoms with E-state index in [1.165, 1.54) is 0 Å². The predicted octanol–water partition coefficient (Wildman–Crippen LogP) is 1.12. The van der Waals surface area contributed by atoms with Crippen LogP contribution in [0.4, 0.5) is 0 Å². The first kappa shape index (κ1) is 15.7. The lowest BCUT2D eigenvalue weighted by Crippen LogP contribution is -2.49. The summed E-state index contributed by atoms with van der Waals surface area (Å²) < 4.78 is 11.3. The van der Waals surface area contributed by atoms with Crippen molar-refractivity contribution in [3.8, 4) is 0 Å². The molecule has 2 fully saturated rings. The van der Waals surface area contributed by atoms with Crippen LogP contribution in [0.1, 0.15) is 33.6 Å². The van der Waals surface area contributed by atoms with Crippen molar-refractivity contribution in [2.75, 3.05) is 39.8 Å². The third-order valence-electron chi connectivity index (χ3n) is 3.82. The summed E-state index contributed by atoms with van der Waals surface area (Å²) in [6.07, 6.45) is 2.17. The normalized spacial score (nSPS) is 29.6. The molecule has 5 nitrogen and oxygen atoms in total. The van der Waals surface area contributed by atoms with Gasteiger partial charge in [0.2, 0.25) is 0 Å². The molecule has 2 saturated heterocycles. The average Bonchev–Trinajstić information content (AvgIpc) is 2.75. The second kappa shape index (κ2) is 6.41. The number of carbonyl (C=O) groups is 1. The van der Waals surface area contributed by atoms with Crippen LogP contribution < -0.4 is 0 Å². The van der Waals surface area contributed by atoms with Crippen LogP contribution in [-0.4, -0.2) is 73.3 Å². The fourth-order valence-electron chi connectivity index (χ4n) is 2.92. The summed E-state index contributed by atoms with van der Waals surface area (Å²) in [5.41, 5.74) is -0.410. The SMILES string of the molecule is CN1CCOC(CN2CCC[C@H]2C(=O)OC(C)(C)C)C1. The van der Waals surface area contributed by atoms with Gasteiger partial charge in [0, 0.05) is 19.6 Å². The highest BCUT2D eigenvalue weighted by atomic mass is 16.6. The molecule has 2 aliphatic heterocycles. The van der Waals surface area contributed by atoms with E-state index >= 15 is 0 Å². The molecule has 0 bridgehead atoms. The second-order valence-electron chi connectivity index (χ2n) is 6.94. The first-order valence-electron chi connectivity index (χ1n) is 7.62. The molecule has 0 radical (unpaired) electrons. The molecule has 2 rings (SSSR count). The predicted molar refractivity (Wildman–Crippen MR) is 77.7 cm³/mol. The Morgan fingerprint density at radius 3 is 2.75 bits per heavy atom. The maximum absolute atomic E-state index is 12.3. The molecule has 20 heavy (non-hydrogen) atoms. The lowest BCUT2D eigenvalue weighted by molar-refractivity contribution is -0.161. The van der Waals surface area contributed by atoms with Gasteiger partial charge < -0.3 is 14.4 Å². The number of carbonyl (C=O) groups excluding carboxylic acids is 1. The van der Waals surface area contributed by atoms with Gasteiger partial charge in [-0.05, 0) is 47.2 Å². The van der Waals surface area contributed by atoms with Gasteiger partial charge in [-0.3, -0.25) is 9.69 Å². The molecule has 5 heteroatoms. The molecule has 116 valence electrons. The quantitative estimate of drug-likeness (QED) is 0.727. The van der Waals surface area contributed by atoms with Crippen molar-refractivity contribution in [2.24, 2.45) is 0 Å². The van der Waals surface area contributed by atoms with Gasteiger partial charge in [-0.15, -0.1) is 0 Å². The van der Waals surface area contributed by atoms with Gasteiger partial charge in [-0.25, -0.2) is 0 Å². The van der Waals surface area contributed by atoms with Crippen molar-refractivity contribution in [1.29, 1.82) is 0 Å². The highest BCUT2D eigenvalue weighted by Gasteiger charge is 2.35. The summed E-state index contributed by atoms with van der Waals surface area (Å²) >= 11 is 0. The van der Waals surface area contributed by atoms with Gasteiger partial charge in [0.25, 0.3) is 0 Å². The monoisotopic (exact) mass is 284 g/mol. The zero-order valence-corrected chi connectivity index (χ0v) is 13.2. The highest BCUT2D eigenvalue weighted by Crippen LogP contribution is 2.22. The van der Waals surface area contributed by atoms with Gasteiger partial charge in [0.1, 0.15) is 11.6 Å². The minimum Gasteiger partial charge on any atom is -0.459 e. The lowest BCUT2D eigenvalue weighted by atomic mass is 10.1. The van der Waals surface area contributed by atoms with Crippen molar-refractivity contribution in [3.63, 3.8) is 0 Å². The van der Waals surface area contributed by atoms with Gasteiger partial charge in [-0.2, -0.15) is 0 Å². The van der Waals surface area contributed by atoms with Crippen LogP contribution in [0.25, 0.3) is 0 Å². The van der Waals surface area contributed by atoms with Crippen LogP contribution in [-0.2, 0) is 14.3 Å². The molecule has 2 aliphatic rings. The Kier molecular flexibility index (Phi) is 5.04. The number of hydrogen-bond acceptors (Lipinski definition) is 5. The molecular weight excluding hydrogens is 256 g/mol. The van der Waals surface area contributed by atoms with E-state index in [1.54, 1.807) is 0 Å². The maximum Gasteiger partial charge on any atom is 0.323 e. The van der Waals surface area contributed by atoms with Crippen molar-refractivity contribution < 1.29 is 14.3 Å². The van der Waals surface area contributed by atoms with Gasteiger partial charge in [0.15, 0.2) is 0 Å². The summed E-state index contributed by atoms with van der Waals surface area (Å²) in [6.45, 7) is 10.3. The number of likely N-dealkylation sites (N-methyl/N-ethyl adjacent to an activating group) is 1. The minimum atomic E-state index is -0.410. The first-order chi connectivity index (χ1) is 9.35. The molecule has 0 spiro atoms. The Balaban J connectivity index is 1.88. The van der Waals surface area contributed by atoms with Crippen molar-refractivity contribution in [1.82, 2.24) is 9.80 Å². The Bertz CT molecular complexity index is 341. The average molecular weight is 284 g/mol. The molecule has 0 saturated carbocycles. The largest absolute Gasteiger partial charge is 0.459 e. The van der Waals surface area contributed by atoms with E-state index in [4.69, 9.17) is 9.47 Å².